The molecule has 94 valence electrons. The van der Waals surface area contributed by atoms with Crippen molar-refractivity contribution in [3.63, 3.8) is 0 Å². The van der Waals surface area contributed by atoms with E-state index in [4.69, 9.17) is 11.6 Å². The molecular weight excluding hydrogens is 222 g/mol. The molecule has 0 aromatic rings. The van der Waals surface area contributed by atoms with E-state index < -0.39 is 0 Å². The maximum atomic E-state index is 11.9. The molecule has 1 unspecified atom stereocenters. The summed E-state index contributed by atoms with van der Waals surface area (Å²) in [6, 6.07) is 0. The van der Waals surface area contributed by atoms with Gasteiger partial charge in [0.1, 0.15) is 0 Å². The predicted molar refractivity (Wildman–Crippen MR) is 68.8 cm³/mol. The first-order valence-corrected chi connectivity index (χ1v) is 7.02. The summed E-state index contributed by atoms with van der Waals surface area (Å²) in [6.07, 6.45) is 7.44. The lowest BCUT2D eigenvalue weighted by Crippen LogP contribution is -2.51. The molecule has 1 atom stereocenters. The van der Waals surface area contributed by atoms with Crippen LogP contribution in [0.25, 0.3) is 0 Å². The molecule has 0 bridgehead atoms. The van der Waals surface area contributed by atoms with E-state index in [9.17, 15) is 4.79 Å². The molecule has 1 fully saturated rings. The smallest absolute Gasteiger partial charge is 0.220 e. The van der Waals surface area contributed by atoms with Crippen molar-refractivity contribution in [1.29, 1.82) is 0 Å². The van der Waals surface area contributed by atoms with Crippen LogP contribution in [0.1, 0.15) is 58.8 Å². The number of nitrogens with one attached hydrogen (secondary N) is 1. The Morgan fingerprint density at radius 3 is 2.50 bits per heavy atom. The van der Waals surface area contributed by atoms with Gasteiger partial charge in [0.05, 0.1) is 5.54 Å². The zero-order valence-electron chi connectivity index (χ0n) is 10.5. The van der Waals surface area contributed by atoms with Gasteiger partial charge in [0.15, 0.2) is 0 Å². The minimum Gasteiger partial charge on any atom is -0.349 e. The van der Waals surface area contributed by atoms with Gasteiger partial charge in [-0.3, -0.25) is 4.79 Å². The summed E-state index contributed by atoms with van der Waals surface area (Å²) in [5.74, 6) is 1.20. The van der Waals surface area contributed by atoms with E-state index in [1.165, 1.54) is 19.3 Å². The van der Waals surface area contributed by atoms with Gasteiger partial charge in [-0.05, 0) is 18.8 Å². The number of rotatable bonds is 5. The highest BCUT2D eigenvalue weighted by Gasteiger charge is 2.32. The molecule has 1 rings (SSSR count). The van der Waals surface area contributed by atoms with Crippen molar-refractivity contribution in [2.45, 2.75) is 64.3 Å². The van der Waals surface area contributed by atoms with Crippen LogP contribution in [0.2, 0.25) is 0 Å². The molecule has 0 aliphatic heterocycles. The first-order chi connectivity index (χ1) is 7.62. The van der Waals surface area contributed by atoms with Crippen molar-refractivity contribution >= 4 is 17.5 Å². The Labute approximate surface area is 104 Å². The SMILES string of the molecule is CCC(C)CC(=O)NC1(CCl)CCCCC1. The molecule has 1 aliphatic rings. The van der Waals surface area contributed by atoms with Crippen molar-refractivity contribution in [2.24, 2.45) is 5.92 Å². The van der Waals surface area contributed by atoms with Crippen molar-refractivity contribution < 1.29 is 4.79 Å². The Bertz CT molecular complexity index is 224. The third-order valence-corrected chi connectivity index (χ3v) is 4.21. The Morgan fingerprint density at radius 2 is 2.00 bits per heavy atom. The maximum Gasteiger partial charge on any atom is 0.220 e. The average Bonchev–Trinajstić information content (AvgIpc) is 2.29. The van der Waals surface area contributed by atoms with Gasteiger partial charge in [-0.1, -0.05) is 39.5 Å². The Kier molecular flexibility index (Phi) is 5.60. The van der Waals surface area contributed by atoms with E-state index in [1.54, 1.807) is 0 Å². The largest absolute Gasteiger partial charge is 0.349 e. The lowest BCUT2D eigenvalue weighted by atomic mass is 9.83. The fourth-order valence-corrected chi connectivity index (χ4v) is 2.66. The third-order valence-electron chi connectivity index (χ3n) is 3.70. The first kappa shape index (κ1) is 13.8. The van der Waals surface area contributed by atoms with E-state index in [0.717, 1.165) is 19.3 Å². The van der Waals surface area contributed by atoms with Crippen molar-refractivity contribution in [3.8, 4) is 0 Å². The van der Waals surface area contributed by atoms with Gasteiger partial charge in [0, 0.05) is 12.3 Å². The summed E-state index contributed by atoms with van der Waals surface area (Å²) >= 11 is 6.04. The van der Waals surface area contributed by atoms with Crippen LogP contribution in [0, 0.1) is 5.92 Å². The summed E-state index contributed by atoms with van der Waals surface area (Å²) < 4.78 is 0. The second-order valence-corrected chi connectivity index (χ2v) is 5.51. The second-order valence-electron chi connectivity index (χ2n) is 5.24. The van der Waals surface area contributed by atoms with Crippen LogP contribution in [-0.2, 0) is 4.79 Å². The van der Waals surface area contributed by atoms with Gasteiger partial charge < -0.3 is 5.32 Å². The normalized spacial score (nSPS) is 21.4. The van der Waals surface area contributed by atoms with Crippen LogP contribution in [-0.4, -0.2) is 17.3 Å². The zero-order valence-corrected chi connectivity index (χ0v) is 11.3. The molecule has 0 aromatic carbocycles. The molecule has 0 heterocycles. The molecule has 0 radical (unpaired) electrons. The number of amides is 1. The van der Waals surface area contributed by atoms with Gasteiger partial charge >= 0.3 is 0 Å². The fourth-order valence-electron chi connectivity index (χ4n) is 2.33. The predicted octanol–water partition coefficient (Wildman–Crippen LogP) is 3.48. The number of hydrogen-bond acceptors (Lipinski definition) is 1. The van der Waals surface area contributed by atoms with E-state index in [-0.39, 0.29) is 11.4 Å². The number of halogens is 1. The van der Waals surface area contributed by atoms with E-state index in [0.29, 0.717) is 18.2 Å². The molecule has 2 nitrogen and oxygen atoms in total. The van der Waals surface area contributed by atoms with Crippen LogP contribution >= 0.6 is 11.6 Å². The zero-order chi connectivity index (χ0) is 12.0. The topological polar surface area (TPSA) is 29.1 Å². The standard InChI is InChI=1S/C13H24ClNO/c1-3-11(2)9-12(16)15-13(10-14)7-5-4-6-8-13/h11H,3-10H2,1-2H3,(H,15,16). The van der Waals surface area contributed by atoms with Crippen LogP contribution in [0.4, 0.5) is 0 Å². The van der Waals surface area contributed by atoms with Gasteiger partial charge in [-0.2, -0.15) is 0 Å². The van der Waals surface area contributed by atoms with Gasteiger partial charge in [-0.15, -0.1) is 11.6 Å². The van der Waals surface area contributed by atoms with Gasteiger partial charge in [0.25, 0.3) is 0 Å². The molecule has 3 heteroatoms. The third kappa shape index (κ3) is 3.97. The van der Waals surface area contributed by atoms with Crippen molar-refractivity contribution in [3.05, 3.63) is 0 Å². The lowest BCUT2D eigenvalue weighted by Gasteiger charge is -2.36. The Balaban J connectivity index is 2.45. The van der Waals surface area contributed by atoms with Gasteiger partial charge in [0.2, 0.25) is 5.91 Å². The van der Waals surface area contributed by atoms with Crippen molar-refractivity contribution in [1.82, 2.24) is 5.32 Å². The molecule has 1 saturated carbocycles. The van der Waals surface area contributed by atoms with Crippen molar-refractivity contribution in [2.75, 3.05) is 5.88 Å². The first-order valence-electron chi connectivity index (χ1n) is 6.49. The molecule has 1 amide bonds. The summed E-state index contributed by atoms with van der Waals surface area (Å²) in [5.41, 5.74) is -0.107. The molecule has 0 saturated heterocycles. The van der Waals surface area contributed by atoms with E-state index >= 15 is 0 Å². The highest BCUT2D eigenvalue weighted by Crippen LogP contribution is 2.29. The molecule has 1 N–H and O–H groups in total. The van der Waals surface area contributed by atoms with Gasteiger partial charge in [-0.25, -0.2) is 0 Å². The molecule has 16 heavy (non-hydrogen) atoms. The summed E-state index contributed by atoms with van der Waals surface area (Å²) in [4.78, 5) is 11.9. The fraction of sp³-hybridized carbons (Fsp3) is 0.923. The number of hydrogen-bond donors (Lipinski definition) is 1. The number of alkyl halides is 1. The summed E-state index contributed by atoms with van der Waals surface area (Å²) in [7, 11) is 0. The van der Waals surface area contributed by atoms with Crippen LogP contribution in [0.5, 0.6) is 0 Å². The molecule has 0 spiro atoms. The van der Waals surface area contributed by atoms with Crippen LogP contribution < -0.4 is 5.32 Å². The molecule has 1 aliphatic carbocycles. The lowest BCUT2D eigenvalue weighted by molar-refractivity contribution is -0.124. The second kappa shape index (κ2) is 6.48. The van der Waals surface area contributed by atoms with Crippen LogP contribution in [0.15, 0.2) is 0 Å². The van der Waals surface area contributed by atoms with Crippen LogP contribution in [0.3, 0.4) is 0 Å². The minimum absolute atomic E-state index is 0.107. The summed E-state index contributed by atoms with van der Waals surface area (Å²) in [5, 5.41) is 3.18. The highest BCUT2D eigenvalue weighted by atomic mass is 35.5. The maximum absolute atomic E-state index is 11.9. The average molecular weight is 246 g/mol. The minimum atomic E-state index is -0.107. The Morgan fingerprint density at radius 1 is 1.38 bits per heavy atom. The van der Waals surface area contributed by atoms with E-state index in [2.05, 4.69) is 19.2 Å². The van der Waals surface area contributed by atoms with E-state index in [1.807, 2.05) is 0 Å². The number of carbonyl (C=O) groups is 1. The number of carbonyl (C=O) groups excluding carboxylic acids is 1. The summed E-state index contributed by atoms with van der Waals surface area (Å²) in [6.45, 7) is 4.24. The molecule has 0 aromatic heterocycles. The molecular formula is C13H24ClNO. The Hall–Kier alpha value is -0.240. The quantitative estimate of drug-likeness (QED) is 0.739. The highest BCUT2D eigenvalue weighted by molar-refractivity contribution is 6.18. The monoisotopic (exact) mass is 245 g/mol.